The van der Waals surface area contributed by atoms with E-state index in [0.717, 1.165) is 27.5 Å². The molecule has 1 aliphatic heterocycles. The Bertz CT molecular complexity index is 1280. The summed E-state index contributed by atoms with van der Waals surface area (Å²) >= 11 is 0. The summed E-state index contributed by atoms with van der Waals surface area (Å²) < 4.78 is 16.4. The fourth-order valence-electron chi connectivity index (χ4n) is 5.03. The number of likely N-dealkylation sites (N-methyl/N-ethyl adjacent to an activating group) is 1. The van der Waals surface area contributed by atoms with Gasteiger partial charge in [-0.05, 0) is 52.6 Å². The van der Waals surface area contributed by atoms with Crippen molar-refractivity contribution in [2.24, 2.45) is 5.41 Å². The Labute approximate surface area is 212 Å². The predicted octanol–water partition coefficient (Wildman–Crippen LogP) is 4.45. The van der Waals surface area contributed by atoms with Gasteiger partial charge in [-0.3, -0.25) is 9.59 Å². The van der Waals surface area contributed by atoms with Crippen molar-refractivity contribution in [3.8, 4) is 28.4 Å². The molecular weight excluding hydrogens is 456 g/mol. The van der Waals surface area contributed by atoms with E-state index in [1.807, 2.05) is 63.2 Å². The van der Waals surface area contributed by atoms with Crippen LogP contribution in [0.1, 0.15) is 26.3 Å². The molecule has 1 N–H and O–H groups in total. The van der Waals surface area contributed by atoms with E-state index in [1.165, 1.54) is 0 Å². The van der Waals surface area contributed by atoms with Gasteiger partial charge in [0.1, 0.15) is 6.04 Å². The average Bonchev–Trinajstić information content (AvgIpc) is 2.86. The van der Waals surface area contributed by atoms with E-state index in [1.54, 1.807) is 26.2 Å². The van der Waals surface area contributed by atoms with Gasteiger partial charge in [-0.2, -0.15) is 0 Å². The fraction of sp³-hybridized carbons (Fsp3) is 0.379. The summed E-state index contributed by atoms with van der Waals surface area (Å²) in [5.74, 6) is 1.64. The second-order valence-corrected chi connectivity index (χ2v) is 9.79. The molecule has 3 aromatic rings. The van der Waals surface area contributed by atoms with E-state index in [4.69, 9.17) is 14.2 Å². The van der Waals surface area contributed by atoms with Crippen LogP contribution in [0.2, 0.25) is 0 Å². The van der Waals surface area contributed by atoms with Crippen LogP contribution in [0.5, 0.6) is 17.2 Å². The molecular formula is C29H34N2O5. The summed E-state index contributed by atoms with van der Waals surface area (Å²) in [6, 6.07) is 15.7. The molecule has 190 valence electrons. The van der Waals surface area contributed by atoms with Crippen molar-refractivity contribution < 1.29 is 23.8 Å². The number of carbonyl (C=O) groups excluding carboxylic acids is 2. The number of hydrogen-bond donors (Lipinski definition) is 1. The SMILES string of the molecule is CCNC(=O)C1N(C(=O)Cc2ccc3cc(-c4cc(OC)c(OC)c(OC)c4)ccc3c2)CC1(C)C. The number of amides is 2. The zero-order valence-electron chi connectivity index (χ0n) is 21.8. The number of nitrogens with one attached hydrogen (secondary N) is 1. The number of ether oxygens (including phenoxy) is 3. The number of hydrogen-bond acceptors (Lipinski definition) is 5. The molecule has 0 radical (unpaired) electrons. The highest BCUT2D eigenvalue weighted by atomic mass is 16.5. The first-order valence-electron chi connectivity index (χ1n) is 12.1. The number of carbonyl (C=O) groups is 2. The van der Waals surface area contributed by atoms with Crippen molar-refractivity contribution >= 4 is 22.6 Å². The van der Waals surface area contributed by atoms with Crippen LogP contribution in [0.25, 0.3) is 21.9 Å². The van der Waals surface area contributed by atoms with E-state index in [0.29, 0.717) is 30.3 Å². The second kappa shape index (κ2) is 10.1. The Morgan fingerprint density at radius 1 is 0.917 bits per heavy atom. The van der Waals surface area contributed by atoms with Crippen molar-refractivity contribution in [2.45, 2.75) is 33.2 Å². The minimum atomic E-state index is -0.425. The van der Waals surface area contributed by atoms with Crippen LogP contribution in [-0.4, -0.2) is 57.2 Å². The molecule has 0 spiro atoms. The summed E-state index contributed by atoms with van der Waals surface area (Å²) in [6.45, 7) is 7.07. The van der Waals surface area contributed by atoms with E-state index in [9.17, 15) is 9.59 Å². The minimum Gasteiger partial charge on any atom is -0.493 e. The molecule has 4 rings (SSSR count). The molecule has 0 bridgehead atoms. The molecule has 1 fully saturated rings. The zero-order valence-corrected chi connectivity index (χ0v) is 21.8. The molecule has 36 heavy (non-hydrogen) atoms. The van der Waals surface area contributed by atoms with Gasteiger partial charge in [0.15, 0.2) is 11.5 Å². The van der Waals surface area contributed by atoms with Crippen molar-refractivity contribution in [3.63, 3.8) is 0 Å². The highest BCUT2D eigenvalue weighted by Crippen LogP contribution is 2.42. The molecule has 1 unspecified atom stereocenters. The van der Waals surface area contributed by atoms with Gasteiger partial charge in [-0.25, -0.2) is 0 Å². The van der Waals surface area contributed by atoms with Gasteiger partial charge in [-0.1, -0.05) is 44.2 Å². The van der Waals surface area contributed by atoms with Crippen molar-refractivity contribution in [1.82, 2.24) is 10.2 Å². The topological polar surface area (TPSA) is 77.1 Å². The Morgan fingerprint density at radius 3 is 2.14 bits per heavy atom. The first-order chi connectivity index (χ1) is 17.2. The van der Waals surface area contributed by atoms with Gasteiger partial charge >= 0.3 is 0 Å². The van der Waals surface area contributed by atoms with Crippen LogP contribution >= 0.6 is 0 Å². The second-order valence-electron chi connectivity index (χ2n) is 9.79. The normalized spacial score (nSPS) is 16.3. The molecule has 1 atom stereocenters. The molecule has 7 heteroatoms. The van der Waals surface area contributed by atoms with Crippen LogP contribution in [0.4, 0.5) is 0 Å². The quantitative estimate of drug-likeness (QED) is 0.505. The lowest BCUT2D eigenvalue weighted by Gasteiger charge is -2.53. The standard InChI is InChI=1S/C29H34N2O5/c1-7-30-28(33)27-29(2,3)17-31(27)25(32)13-18-8-9-20-14-21(11-10-19(20)12-18)22-15-23(34-4)26(36-6)24(16-22)35-5/h8-12,14-16,27H,7,13,17H2,1-6H3,(H,30,33). The molecule has 1 heterocycles. The Hall–Kier alpha value is -3.74. The highest BCUT2D eigenvalue weighted by Gasteiger charge is 2.51. The van der Waals surface area contributed by atoms with Gasteiger partial charge in [0.05, 0.1) is 27.8 Å². The number of nitrogens with zero attached hydrogens (tertiary/aromatic N) is 1. The van der Waals surface area contributed by atoms with Gasteiger partial charge in [0, 0.05) is 18.5 Å². The third kappa shape index (κ3) is 4.70. The molecule has 0 aliphatic carbocycles. The number of methoxy groups -OCH3 is 3. The Balaban J connectivity index is 1.56. The number of likely N-dealkylation sites (tertiary alicyclic amines) is 1. The Kier molecular flexibility index (Phi) is 7.11. The average molecular weight is 491 g/mol. The van der Waals surface area contributed by atoms with E-state index >= 15 is 0 Å². The van der Waals surface area contributed by atoms with Gasteiger partial charge in [0.25, 0.3) is 0 Å². The van der Waals surface area contributed by atoms with Crippen LogP contribution in [0.3, 0.4) is 0 Å². The third-order valence-corrected chi connectivity index (χ3v) is 6.81. The number of rotatable bonds is 8. The highest BCUT2D eigenvalue weighted by molar-refractivity contribution is 5.92. The molecule has 1 aliphatic rings. The molecule has 1 saturated heterocycles. The van der Waals surface area contributed by atoms with E-state index < -0.39 is 6.04 Å². The summed E-state index contributed by atoms with van der Waals surface area (Å²) in [5.41, 5.74) is 2.66. The van der Waals surface area contributed by atoms with E-state index in [2.05, 4.69) is 11.4 Å². The first kappa shape index (κ1) is 25.4. The number of benzene rings is 3. The van der Waals surface area contributed by atoms with Crippen LogP contribution in [0.15, 0.2) is 48.5 Å². The summed E-state index contributed by atoms with van der Waals surface area (Å²) in [4.78, 5) is 27.3. The van der Waals surface area contributed by atoms with Gasteiger partial charge in [0.2, 0.25) is 17.6 Å². The monoisotopic (exact) mass is 490 g/mol. The lowest BCUT2D eigenvalue weighted by Crippen LogP contribution is -2.69. The smallest absolute Gasteiger partial charge is 0.243 e. The number of fused-ring (bicyclic) bond motifs is 1. The van der Waals surface area contributed by atoms with Crippen molar-refractivity contribution in [2.75, 3.05) is 34.4 Å². The van der Waals surface area contributed by atoms with Crippen LogP contribution in [0, 0.1) is 5.41 Å². The maximum Gasteiger partial charge on any atom is 0.243 e. The third-order valence-electron chi connectivity index (χ3n) is 6.81. The van der Waals surface area contributed by atoms with E-state index in [-0.39, 0.29) is 23.7 Å². The molecule has 0 aromatic heterocycles. The lowest BCUT2D eigenvalue weighted by molar-refractivity contribution is -0.160. The first-order valence-corrected chi connectivity index (χ1v) is 12.1. The van der Waals surface area contributed by atoms with Gasteiger partial charge in [-0.15, -0.1) is 0 Å². The summed E-state index contributed by atoms with van der Waals surface area (Å²) in [5, 5.41) is 4.96. The summed E-state index contributed by atoms with van der Waals surface area (Å²) in [6.07, 6.45) is 0.260. The van der Waals surface area contributed by atoms with Crippen molar-refractivity contribution in [1.29, 1.82) is 0 Å². The Morgan fingerprint density at radius 2 is 1.56 bits per heavy atom. The van der Waals surface area contributed by atoms with Crippen LogP contribution in [-0.2, 0) is 16.0 Å². The van der Waals surface area contributed by atoms with Gasteiger partial charge < -0.3 is 24.4 Å². The largest absolute Gasteiger partial charge is 0.493 e. The predicted molar refractivity (Wildman–Crippen MR) is 141 cm³/mol. The van der Waals surface area contributed by atoms with Crippen molar-refractivity contribution in [3.05, 3.63) is 54.1 Å². The molecule has 3 aromatic carbocycles. The maximum atomic E-state index is 13.1. The van der Waals surface area contributed by atoms with Crippen LogP contribution < -0.4 is 19.5 Å². The minimum absolute atomic E-state index is 0.0287. The maximum absolute atomic E-state index is 13.1. The lowest BCUT2D eigenvalue weighted by atomic mass is 9.74. The molecule has 7 nitrogen and oxygen atoms in total. The molecule has 0 saturated carbocycles. The summed E-state index contributed by atoms with van der Waals surface area (Å²) in [7, 11) is 4.79. The zero-order chi connectivity index (χ0) is 26.0. The molecule has 2 amide bonds. The fourth-order valence-corrected chi connectivity index (χ4v) is 5.03.